The lowest BCUT2D eigenvalue weighted by Gasteiger charge is -2.14. The monoisotopic (exact) mass is 451 g/mol. The molecule has 2 aromatic carbocycles. The van der Waals surface area contributed by atoms with Gasteiger partial charge in [0, 0.05) is 27.2 Å². The van der Waals surface area contributed by atoms with Crippen LogP contribution in [0.4, 0.5) is 5.69 Å². The van der Waals surface area contributed by atoms with Gasteiger partial charge in [-0.1, -0.05) is 36.2 Å². The number of ketones is 1. The standard InChI is InChI=1S/C20H19Cl2N3O3S/c1-11-9-18(24-19(11)20(26)13-3-5-14(21)6-4-13)12(2)16-8-7-15(10-17(16)22)25-29(23,27)28/h3-10,12,24-25H,1-2H3,(H2,23,27,28). The first-order valence-electron chi connectivity index (χ1n) is 8.65. The molecule has 0 radical (unpaired) electrons. The van der Waals surface area contributed by atoms with Crippen LogP contribution in [0.15, 0.2) is 48.5 Å². The summed E-state index contributed by atoms with van der Waals surface area (Å²) >= 11 is 12.2. The lowest BCUT2D eigenvalue weighted by atomic mass is 9.97. The Labute approximate surface area is 179 Å². The maximum atomic E-state index is 12.8. The highest BCUT2D eigenvalue weighted by Gasteiger charge is 2.20. The van der Waals surface area contributed by atoms with E-state index in [-0.39, 0.29) is 17.4 Å². The molecule has 0 aliphatic heterocycles. The van der Waals surface area contributed by atoms with Gasteiger partial charge in [-0.3, -0.25) is 9.52 Å². The molecule has 0 saturated heterocycles. The fraction of sp³-hybridized carbons (Fsp3) is 0.150. The third-order valence-corrected chi connectivity index (χ3v) is 5.66. The molecule has 1 unspecified atom stereocenters. The molecular formula is C20H19Cl2N3O3S. The molecule has 0 fully saturated rings. The molecular weight excluding hydrogens is 433 g/mol. The van der Waals surface area contributed by atoms with Crippen LogP contribution in [0.3, 0.4) is 0 Å². The summed E-state index contributed by atoms with van der Waals surface area (Å²) in [5.74, 6) is -0.284. The number of carbonyl (C=O) groups is 1. The minimum absolute atomic E-state index is 0.128. The Balaban J connectivity index is 1.89. The van der Waals surface area contributed by atoms with E-state index < -0.39 is 10.2 Å². The number of aromatic amines is 1. The van der Waals surface area contributed by atoms with Crippen LogP contribution in [0, 0.1) is 6.92 Å². The molecule has 0 amide bonds. The van der Waals surface area contributed by atoms with E-state index in [4.69, 9.17) is 28.3 Å². The van der Waals surface area contributed by atoms with Gasteiger partial charge in [0.2, 0.25) is 5.78 Å². The molecule has 0 spiro atoms. The quantitative estimate of drug-likeness (QED) is 0.475. The second-order valence-corrected chi connectivity index (χ2v) is 8.86. The average Bonchev–Trinajstić information content (AvgIpc) is 3.02. The van der Waals surface area contributed by atoms with Crippen LogP contribution in [-0.2, 0) is 10.2 Å². The van der Waals surface area contributed by atoms with Gasteiger partial charge in [-0.25, -0.2) is 5.14 Å². The summed E-state index contributed by atoms with van der Waals surface area (Å²) in [5, 5.41) is 5.93. The summed E-state index contributed by atoms with van der Waals surface area (Å²) < 4.78 is 24.5. The van der Waals surface area contributed by atoms with Crippen LogP contribution in [-0.4, -0.2) is 19.2 Å². The lowest BCUT2D eigenvalue weighted by Crippen LogP contribution is -2.21. The van der Waals surface area contributed by atoms with Gasteiger partial charge in [-0.05, 0) is 60.5 Å². The van der Waals surface area contributed by atoms with Crippen molar-refractivity contribution in [3.8, 4) is 0 Å². The van der Waals surface area contributed by atoms with Gasteiger partial charge < -0.3 is 4.98 Å². The van der Waals surface area contributed by atoms with Crippen molar-refractivity contribution < 1.29 is 13.2 Å². The molecule has 3 rings (SSSR count). The van der Waals surface area contributed by atoms with E-state index in [0.717, 1.165) is 16.8 Å². The summed E-state index contributed by atoms with van der Waals surface area (Å²) in [6, 6.07) is 13.4. The number of aromatic nitrogens is 1. The molecule has 9 heteroatoms. The van der Waals surface area contributed by atoms with Gasteiger partial charge in [-0.15, -0.1) is 0 Å². The Morgan fingerprint density at radius 2 is 1.76 bits per heavy atom. The number of benzene rings is 2. The minimum Gasteiger partial charge on any atom is -0.355 e. The number of nitrogens with two attached hydrogens (primary N) is 1. The van der Waals surface area contributed by atoms with E-state index in [1.54, 1.807) is 36.4 Å². The molecule has 0 saturated carbocycles. The summed E-state index contributed by atoms with van der Waals surface area (Å²) in [4.78, 5) is 16.0. The Morgan fingerprint density at radius 1 is 1.10 bits per heavy atom. The van der Waals surface area contributed by atoms with Gasteiger partial charge >= 0.3 is 0 Å². The van der Waals surface area contributed by atoms with E-state index in [2.05, 4.69) is 9.71 Å². The highest BCUT2D eigenvalue weighted by Crippen LogP contribution is 2.33. The zero-order valence-electron chi connectivity index (χ0n) is 15.7. The van der Waals surface area contributed by atoms with Gasteiger partial charge in [-0.2, -0.15) is 8.42 Å². The zero-order chi connectivity index (χ0) is 21.3. The Bertz CT molecular complexity index is 1170. The Kier molecular flexibility index (Phi) is 6.05. The summed E-state index contributed by atoms with van der Waals surface area (Å²) in [6.45, 7) is 3.80. The van der Waals surface area contributed by atoms with Crippen molar-refractivity contribution in [1.29, 1.82) is 0 Å². The minimum atomic E-state index is -3.88. The van der Waals surface area contributed by atoms with Crippen LogP contribution in [0.1, 0.15) is 45.7 Å². The van der Waals surface area contributed by atoms with Gasteiger partial charge in [0.15, 0.2) is 0 Å². The summed E-state index contributed by atoms with van der Waals surface area (Å²) in [7, 11) is -3.88. The first-order chi connectivity index (χ1) is 13.5. The molecule has 0 bridgehead atoms. The average molecular weight is 452 g/mol. The number of H-pyrrole nitrogens is 1. The number of halogens is 2. The van der Waals surface area contributed by atoms with Crippen molar-refractivity contribution in [2.75, 3.05) is 4.72 Å². The molecule has 1 atom stereocenters. The molecule has 0 aliphatic carbocycles. The molecule has 152 valence electrons. The number of carbonyl (C=O) groups excluding carboxylic acids is 1. The third-order valence-electron chi connectivity index (χ3n) is 4.56. The number of hydrogen-bond donors (Lipinski definition) is 3. The SMILES string of the molecule is Cc1cc(C(C)c2ccc(NS(N)(=O)=O)cc2Cl)[nH]c1C(=O)c1ccc(Cl)cc1. The van der Waals surface area contributed by atoms with Crippen LogP contribution < -0.4 is 9.86 Å². The van der Waals surface area contributed by atoms with E-state index in [0.29, 0.717) is 21.3 Å². The van der Waals surface area contributed by atoms with E-state index in [1.165, 1.54) is 6.07 Å². The zero-order valence-corrected chi connectivity index (χ0v) is 18.0. The largest absolute Gasteiger partial charge is 0.355 e. The van der Waals surface area contributed by atoms with Gasteiger partial charge in [0.05, 0.1) is 11.4 Å². The Morgan fingerprint density at radius 3 is 2.34 bits per heavy atom. The van der Waals surface area contributed by atoms with Crippen molar-refractivity contribution in [2.24, 2.45) is 5.14 Å². The second kappa shape index (κ2) is 8.20. The maximum Gasteiger partial charge on any atom is 0.296 e. The van der Waals surface area contributed by atoms with Crippen LogP contribution in [0.2, 0.25) is 10.0 Å². The molecule has 29 heavy (non-hydrogen) atoms. The number of anilines is 1. The second-order valence-electron chi connectivity index (χ2n) is 6.72. The topological polar surface area (TPSA) is 105 Å². The van der Waals surface area contributed by atoms with Gasteiger partial charge in [0.1, 0.15) is 0 Å². The lowest BCUT2D eigenvalue weighted by molar-refractivity contribution is 0.103. The predicted octanol–water partition coefficient (Wildman–Crippen LogP) is 4.63. The summed E-state index contributed by atoms with van der Waals surface area (Å²) in [6.07, 6.45) is 0. The van der Waals surface area contributed by atoms with Crippen molar-refractivity contribution in [2.45, 2.75) is 19.8 Å². The van der Waals surface area contributed by atoms with E-state index >= 15 is 0 Å². The van der Waals surface area contributed by atoms with Crippen molar-refractivity contribution in [1.82, 2.24) is 4.98 Å². The van der Waals surface area contributed by atoms with Crippen LogP contribution in [0.25, 0.3) is 0 Å². The fourth-order valence-electron chi connectivity index (χ4n) is 3.07. The van der Waals surface area contributed by atoms with Crippen molar-refractivity contribution in [3.05, 3.63) is 86.7 Å². The number of nitrogens with one attached hydrogen (secondary N) is 2. The first kappa shape index (κ1) is 21.4. The number of rotatable bonds is 6. The highest BCUT2D eigenvalue weighted by atomic mass is 35.5. The first-order valence-corrected chi connectivity index (χ1v) is 10.9. The molecule has 3 aromatic rings. The maximum absolute atomic E-state index is 12.8. The molecule has 1 aromatic heterocycles. The van der Waals surface area contributed by atoms with Crippen LogP contribution in [0.5, 0.6) is 0 Å². The van der Waals surface area contributed by atoms with Crippen LogP contribution >= 0.6 is 23.2 Å². The highest BCUT2D eigenvalue weighted by molar-refractivity contribution is 7.90. The molecule has 0 aliphatic rings. The Hall–Kier alpha value is -2.32. The molecule has 4 N–H and O–H groups in total. The normalized spacial score (nSPS) is 12.6. The van der Waals surface area contributed by atoms with Crippen molar-refractivity contribution >= 4 is 44.9 Å². The van der Waals surface area contributed by atoms with E-state index in [1.807, 2.05) is 19.9 Å². The summed E-state index contributed by atoms with van der Waals surface area (Å²) in [5.41, 5.74) is 3.71. The molecule has 1 heterocycles. The van der Waals surface area contributed by atoms with Gasteiger partial charge in [0.25, 0.3) is 10.2 Å². The smallest absolute Gasteiger partial charge is 0.296 e. The molecule has 6 nitrogen and oxygen atoms in total. The van der Waals surface area contributed by atoms with E-state index in [9.17, 15) is 13.2 Å². The number of hydrogen-bond acceptors (Lipinski definition) is 3. The number of aryl methyl sites for hydroxylation is 1. The van der Waals surface area contributed by atoms with Crippen molar-refractivity contribution in [3.63, 3.8) is 0 Å². The fourth-order valence-corrected chi connectivity index (χ4v) is 4.00. The third kappa shape index (κ3) is 5.00. The predicted molar refractivity (Wildman–Crippen MR) is 116 cm³/mol.